The molecule has 22 heavy (non-hydrogen) atoms. The van der Waals surface area contributed by atoms with Gasteiger partial charge in [-0.1, -0.05) is 5.16 Å². The minimum atomic E-state index is -0.796. The number of hydrogen-bond acceptors (Lipinski definition) is 5. The lowest BCUT2D eigenvalue weighted by molar-refractivity contribution is -0.133. The molecule has 1 aromatic rings. The van der Waals surface area contributed by atoms with Crippen molar-refractivity contribution >= 4 is 11.9 Å². The maximum Gasteiger partial charge on any atom is 0.325 e. The highest BCUT2D eigenvalue weighted by Crippen LogP contribution is 2.32. The fourth-order valence-electron chi connectivity index (χ4n) is 3.50. The highest BCUT2D eigenvalue weighted by Gasteiger charge is 2.52. The van der Waals surface area contributed by atoms with Gasteiger partial charge in [-0.15, -0.1) is 0 Å². The van der Waals surface area contributed by atoms with E-state index in [-0.39, 0.29) is 17.9 Å². The Balaban J connectivity index is 1.71. The molecule has 1 N–H and O–H groups in total. The molecule has 1 aromatic heterocycles. The van der Waals surface area contributed by atoms with Gasteiger partial charge < -0.3 is 9.84 Å². The predicted octanol–water partition coefficient (Wildman–Crippen LogP) is 1.22. The summed E-state index contributed by atoms with van der Waals surface area (Å²) in [5.41, 5.74) is 0.0954. The monoisotopic (exact) mass is 306 g/mol. The Morgan fingerprint density at radius 3 is 2.95 bits per heavy atom. The Kier molecular flexibility index (Phi) is 3.90. The molecule has 0 aromatic carbocycles. The zero-order valence-corrected chi connectivity index (χ0v) is 13.0. The Morgan fingerprint density at radius 2 is 2.32 bits per heavy atom. The summed E-state index contributed by atoms with van der Waals surface area (Å²) >= 11 is 0. The number of carbonyl (C=O) groups excluding carboxylic acids is 2. The molecule has 7 heteroatoms. The number of hydrogen-bond donors (Lipinski definition) is 1. The van der Waals surface area contributed by atoms with Crippen molar-refractivity contribution in [1.29, 1.82) is 0 Å². The molecule has 2 fully saturated rings. The molecule has 3 amide bonds. The number of rotatable bonds is 4. The van der Waals surface area contributed by atoms with Crippen LogP contribution in [-0.4, -0.2) is 52.1 Å². The van der Waals surface area contributed by atoms with E-state index in [0.717, 1.165) is 31.6 Å². The molecule has 0 saturated carbocycles. The third-order valence-electron chi connectivity index (χ3n) is 4.82. The molecule has 2 aliphatic rings. The quantitative estimate of drug-likeness (QED) is 0.846. The smallest absolute Gasteiger partial charge is 0.325 e. The van der Waals surface area contributed by atoms with Crippen molar-refractivity contribution in [3.05, 3.63) is 18.0 Å². The Labute approximate surface area is 129 Å². The van der Waals surface area contributed by atoms with Crippen molar-refractivity contribution in [3.63, 3.8) is 0 Å². The van der Waals surface area contributed by atoms with E-state index < -0.39 is 5.54 Å². The van der Waals surface area contributed by atoms with Crippen molar-refractivity contribution in [1.82, 2.24) is 20.3 Å². The van der Waals surface area contributed by atoms with Gasteiger partial charge in [-0.05, 0) is 33.2 Å². The standard InChI is InChI=1S/C15H22N4O3/c1-3-19-13(20)15(2,16-14(19)21)11-5-4-7-18(9-11)10-12-6-8-22-17-12/h6,8,11H,3-5,7,9-10H2,1-2H3,(H,16,21)/t11-,15+/m1/s1. The van der Waals surface area contributed by atoms with Crippen LogP contribution in [-0.2, 0) is 11.3 Å². The second-order valence-corrected chi connectivity index (χ2v) is 6.25. The molecule has 2 atom stereocenters. The lowest BCUT2D eigenvalue weighted by Crippen LogP contribution is -2.55. The summed E-state index contributed by atoms with van der Waals surface area (Å²) < 4.78 is 4.87. The highest BCUT2D eigenvalue weighted by atomic mass is 16.5. The van der Waals surface area contributed by atoms with E-state index in [2.05, 4.69) is 15.4 Å². The highest BCUT2D eigenvalue weighted by molar-refractivity contribution is 6.07. The van der Waals surface area contributed by atoms with Crippen LogP contribution in [0.3, 0.4) is 0 Å². The Morgan fingerprint density at radius 1 is 1.50 bits per heavy atom. The van der Waals surface area contributed by atoms with Gasteiger partial charge in [0.05, 0.1) is 5.69 Å². The van der Waals surface area contributed by atoms with Gasteiger partial charge in [0.2, 0.25) is 0 Å². The van der Waals surface area contributed by atoms with Gasteiger partial charge in [-0.3, -0.25) is 14.6 Å². The Hall–Kier alpha value is -1.89. The van der Waals surface area contributed by atoms with Crippen LogP contribution >= 0.6 is 0 Å². The lowest BCUT2D eigenvalue weighted by Gasteiger charge is -2.39. The van der Waals surface area contributed by atoms with E-state index in [4.69, 9.17) is 4.52 Å². The fraction of sp³-hybridized carbons (Fsp3) is 0.667. The third kappa shape index (κ3) is 2.49. The number of imide groups is 1. The largest absolute Gasteiger partial charge is 0.364 e. The molecule has 0 aliphatic carbocycles. The predicted molar refractivity (Wildman–Crippen MR) is 78.8 cm³/mol. The van der Waals surface area contributed by atoms with Crippen molar-refractivity contribution in [2.75, 3.05) is 19.6 Å². The van der Waals surface area contributed by atoms with E-state index in [1.165, 1.54) is 4.90 Å². The summed E-state index contributed by atoms with van der Waals surface area (Å²) in [6.07, 6.45) is 3.51. The number of carbonyl (C=O) groups is 2. The summed E-state index contributed by atoms with van der Waals surface area (Å²) in [5, 5.41) is 6.85. The number of likely N-dealkylation sites (tertiary alicyclic amines) is 1. The first kappa shape index (κ1) is 15.0. The number of aromatic nitrogens is 1. The first-order valence-electron chi connectivity index (χ1n) is 7.80. The second-order valence-electron chi connectivity index (χ2n) is 6.25. The van der Waals surface area contributed by atoms with Gasteiger partial charge in [0.15, 0.2) is 0 Å². The molecule has 0 spiro atoms. The average molecular weight is 306 g/mol. The normalized spacial score (nSPS) is 29.9. The van der Waals surface area contributed by atoms with Crippen LogP contribution in [0.15, 0.2) is 16.9 Å². The molecule has 0 radical (unpaired) electrons. The van der Waals surface area contributed by atoms with Crippen molar-refractivity contribution in [3.8, 4) is 0 Å². The number of urea groups is 1. The number of nitrogens with one attached hydrogen (secondary N) is 1. The Bertz CT molecular complexity index is 559. The molecular formula is C15H22N4O3. The number of likely N-dealkylation sites (N-methyl/N-ethyl adjacent to an activating group) is 1. The zero-order chi connectivity index (χ0) is 15.7. The van der Waals surface area contributed by atoms with Crippen molar-refractivity contribution in [2.24, 2.45) is 5.92 Å². The van der Waals surface area contributed by atoms with E-state index in [0.29, 0.717) is 13.1 Å². The molecule has 2 aliphatic heterocycles. The number of piperidine rings is 1. The van der Waals surface area contributed by atoms with Crippen LogP contribution in [0.4, 0.5) is 4.79 Å². The molecule has 7 nitrogen and oxygen atoms in total. The van der Waals surface area contributed by atoms with E-state index in [9.17, 15) is 9.59 Å². The molecule has 2 saturated heterocycles. The second kappa shape index (κ2) is 5.72. The molecule has 0 bridgehead atoms. The minimum Gasteiger partial charge on any atom is -0.364 e. The van der Waals surface area contributed by atoms with Crippen LogP contribution in [0.5, 0.6) is 0 Å². The van der Waals surface area contributed by atoms with Gasteiger partial charge in [-0.2, -0.15) is 0 Å². The maximum atomic E-state index is 12.6. The van der Waals surface area contributed by atoms with Gasteiger partial charge in [0.1, 0.15) is 11.8 Å². The molecule has 120 valence electrons. The van der Waals surface area contributed by atoms with Gasteiger partial charge >= 0.3 is 6.03 Å². The van der Waals surface area contributed by atoms with Crippen LogP contribution in [0.25, 0.3) is 0 Å². The number of amides is 3. The van der Waals surface area contributed by atoms with Crippen molar-refractivity contribution in [2.45, 2.75) is 38.8 Å². The van der Waals surface area contributed by atoms with Gasteiger partial charge in [0, 0.05) is 31.6 Å². The SMILES string of the molecule is CCN1C(=O)N[C@@](C)([C@@H]2CCCN(Cc3ccon3)C2)C1=O. The summed E-state index contributed by atoms with van der Waals surface area (Å²) in [6.45, 7) is 6.54. The maximum absolute atomic E-state index is 12.6. The van der Waals surface area contributed by atoms with E-state index in [1.807, 2.05) is 19.9 Å². The van der Waals surface area contributed by atoms with Gasteiger partial charge in [0.25, 0.3) is 5.91 Å². The topological polar surface area (TPSA) is 78.7 Å². The minimum absolute atomic E-state index is 0.103. The van der Waals surface area contributed by atoms with E-state index >= 15 is 0 Å². The first-order valence-corrected chi connectivity index (χ1v) is 7.80. The molecule has 3 rings (SSSR count). The fourth-order valence-corrected chi connectivity index (χ4v) is 3.50. The van der Waals surface area contributed by atoms with Crippen LogP contribution in [0.2, 0.25) is 0 Å². The molecular weight excluding hydrogens is 284 g/mol. The molecule has 3 heterocycles. The van der Waals surface area contributed by atoms with Crippen LogP contribution in [0, 0.1) is 5.92 Å². The van der Waals surface area contributed by atoms with Gasteiger partial charge in [-0.25, -0.2) is 4.79 Å². The summed E-state index contributed by atoms with van der Waals surface area (Å²) in [4.78, 5) is 28.1. The summed E-state index contributed by atoms with van der Waals surface area (Å²) in [5.74, 6) is 0.00874. The third-order valence-corrected chi connectivity index (χ3v) is 4.82. The number of nitrogens with zero attached hydrogens (tertiary/aromatic N) is 3. The van der Waals surface area contributed by atoms with Crippen LogP contribution < -0.4 is 5.32 Å². The molecule has 0 unspecified atom stereocenters. The van der Waals surface area contributed by atoms with Crippen LogP contribution in [0.1, 0.15) is 32.4 Å². The average Bonchev–Trinajstić information content (AvgIpc) is 3.07. The van der Waals surface area contributed by atoms with E-state index in [1.54, 1.807) is 6.26 Å². The summed E-state index contributed by atoms with van der Waals surface area (Å²) in [6, 6.07) is 1.58. The lowest BCUT2D eigenvalue weighted by atomic mass is 9.80. The zero-order valence-electron chi connectivity index (χ0n) is 13.0. The van der Waals surface area contributed by atoms with Crippen molar-refractivity contribution < 1.29 is 14.1 Å². The summed E-state index contributed by atoms with van der Waals surface area (Å²) in [7, 11) is 0. The first-order chi connectivity index (χ1) is 10.5.